The Morgan fingerprint density at radius 1 is 1.22 bits per heavy atom. The molecule has 0 unspecified atom stereocenters. The molecule has 0 aliphatic rings. The van der Waals surface area contributed by atoms with Gasteiger partial charge in [-0.05, 0) is 29.4 Å². The number of benzene rings is 1. The second-order valence-corrected chi connectivity index (χ2v) is 5.07. The first-order chi connectivity index (χ1) is 8.72. The van der Waals surface area contributed by atoms with E-state index in [4.69, 9.17) is 16.3 Å². The summed E-state index contributed by atoms with van der Waals surface area (Å²) in [5.41, 5.74) is 1.04. The zero-order valence-electron chi connectivity index (χ0n) is 10.8. The molecular formula is C15H18ClNO. The van der Waals surface area contributed by atoms with Crippen molar-refractivity contribution in [3.05, 3.63) is 36.0 Å². The third-order valence-corrected chi connectivity index (χ3v) is 3.21. The molecule has 0 N–H and O–H groups in total. The highest BCUT2D eigenvalue weighted by molar-refractivity contribution is 6.18. The lowest BCUT2D eigenvalue weighted by Gasteiger charge is -2.11. The zero-order valence-corrected chi connectivity index (χ0v) is 11.6. The molecular weight excluding hydrogens is 246 g/mol. The van der Waals surface area contributed by atoms with Gasteiger partial charge in [-0.25, -0.2) is 4.98 Å². The smallest absolute Gasteiger partial charge is 0.221 e. The lowest BCUT2D eigenvalue weighted by atomic mass is 10.1. The average molecular weight is 264 g/mol. The molecule has 1 aromatic carbocycles. The second kappa shape index (κ2) is 6.05. The van der Waals surface area contributed by atoms with Crippen LogP contribution in [0.15, 0.2) is 30.5 Å². The normalized spacial score (nSPS) is 11.1. The Morgan fingerprint density at radius 2 is 1.94 bits per heavy atom. The van der Waals surface area contributed by atoms with Gasteiger partial charge in [0.2, 0.25) is 5.88 Å². The van der Waals surface area contributed by atoms with E-state index in [2.05, 4.69) is 24.9 Å². The van der Waals surface area contributed by atoms with Crippen molar-refractivity contribution in [1.29, 1.82) is 0 Å². The van der Waals surface area contributed by atoms with E-state index in [1.165, 1.54) is 0 Å². The molecule has 0 aliphatic carbocycles. The predicted molar refractivity (Wildman–Crippen MR) is 76.3 cm³/mol. The minimum absolute atomic E-state index is 0.472. The van der Waals surface area contributed by atoms with E-state index in [0.717, 1.165) is 22.8 Å². The van der Waals surface area contributed by atoms with Gasteiger partial charge < -0.3 is 4.74 Å². The fourth-order valence-electron chi connectivity index (χ4n) is 1.84. The molecule has 0 bridgehead atoms. The highest BCUT2D eigenvalue weighted by Crippen LogP contribution is 2.27. The van der Waals surface area contributed by atoms with Crippen LogP contribution in [0.4, 0.5) is 0 Å². The van der Waals surface area contributed by atoms with Crippen LogP contribution in [0.1, 0.15) is 25.8 Å². The fourth-order valence-corrected chi connectivity index (χ4v) is 2.05. The molecule has 0 atom stereocenters. The van der Waals surface area contributed by atoms with Crippen molar-refractivity contribution in [1.82, 2.24) is 4.98 Å². The molecule has 0 amide bonds. The van der Waals surface area contributed by atoms with Crippen LogP contribution in [0.3, 0.4) is 0 Å². The highest BCUT2D eigenvalue weighted by Gasteiger charge is 2.07. The fraction of sp³-hybridized carbons (Fsp3) is 0.400. The number of halogens is 1. The third-order valence-electron chi connectivity index (χ3n) is 2.92. The predicted octanol–water partition coefficient (Wildman–Crippen LogP) is 4.40. The molecule has 3 heteroatoms. The van der Waals surface area contributed by atoms with Crippen LogP contribution in [0.2, 0.25) is 0 Å². The molecule has 1 heterocycles. The van der Waals surface area contributed by atoms with E-state index >= 15 is 0 Å². The van der Waals surface area contributed by atoms with E-state index in [1.54, 1.807) is 6.20 Å². The van der Waals surface area contributed by atoms with Gasteiger partial charge in [0.05, 0.1) is 6.61 Å². The molecule has 96 valence electrons. The second-order valence-electron chi connectivity index (χ2n) is 4.80. The van der Waals surface area contributed by atoms with Crippen LogP contribution >= 0.6 is 11.6 Å². The van der Waals surface area contributed by atoms with E-state index in [9.17, 15) is 0 Å². The number of hydrogen-bond donors (Lipinski definition) is 0. The van der Waals surface area contributed by atoms with Gasteiger partial charge in [-0.2, -0.15) is 0 Å². The summed E-state index contributed by atoms with van der Waals surface area (Å²) in [6.45, 7) is 5.08. The average Bonchev–Trinajstić information content (AvgIpc) is 2.38. The molecule has 18 heavy (non-hydrogen) atoms. The molecule has 0 saturated heterocycles. The maximum absolute atomic E-state index is 5.92. The van der Waals surface area contributed by atoms with Gasteiger partial charge >= 0.3 is 0 Å². The number of fused-ring (bicyclic) bond motifs is 1. The van der Waals surface area contributed by atoms with Crippen LogP contribution in [-0.4, -0.2) is 11.6 Å². The monoisotopic (exact) mass is 263 g/mol. The van der Waals surface area contributed by atoms with E-state index in [-0.39, 0.29) is 0 Å². The first-order valence-corrected chi connectivity index (χ1v) is 6.81. The number of aromatic nitrogens is 1. The maximum Gasteiger partial charge on any atom is 0.221 e. The summed E-state index contributed by atoms with van der Waals surface area (Å²) in [5.74, 6) is 1.82. The molecule has 2 nitrogen and oxygen atoms in total. The summed E-state index contributed by atoms with van der Waals surface area (Å²) in [4.78, 5) is 4.37. The number of alkyl halides is 1. The minimum atomic E-state index is 0.472. The van der Waals surface area contributed by atoms with Crippen LogP contribution in [0, 0.1) is 5.92 Å². The highest BCUT2D eigenvalue weighted by atomic mass is 35.5. The summed E-state index contributed by atoms with van der Waals surface area (Å²) >= 11 is 5.92. The molecule has 0 aliphatic heterocycles. The Hall–Kier alpha value is -1.28. The standard InChI is InChI=1S/C15H18ClNO/c1-11(2)7-8-18-15-14-6-4-3-5-13(14)12(9-16)10-17-15/h3-6,10-11H,7-9H2,1-2H3. The van der Waals surface area contributed by atoms with Crippen molar-refractivity contribution in [2.75, 3.05) is 6.61 Å². The molecule has 0 saturated carbocycles. The Bertz CT molecular complexity index is 525. The molecule has 2 rings (SSSR count). The number of rotatable bonds is 5. The van der Waals surface area contributed by atoms with Crippen molar-refractivity contribution in [2.24, 2.45) is 5.92 Å². The van der Waals surface area contributed by atoms with E-state index in [1.807, 2.05) is 18.2 Å². The van der Waals surface area contributed by atoms with Crippen LogP contribution < -0.4 is 4.74 Å². The maximum atomic E-state index is 5.92. The first-order valence-electron chi connectivity index (χ1n) is 6.27. The van der Waals surface area contributed by atoms with Gasteiger partial charge in [-0.1, -0.05) is 32.0 Å². The Balaban J connectivity index is 2.28. The van der Waals surface area contributed by atoms with Gasteiger partial charge in [0.25, 0.3) is 0 Å². The summed E-state index contributed by atoms with van der Waals surface area (Å²) in [5, 5.41) is 2.17. The largest absolute Gasteiger partial charge is 0.477 e. The van der Waals surface area contributed by atoms with E-state index < -0.39 is 0 Å². The van der Waals surface area contributed by atoms with E-state index in [0.29, 0.717) is 24.3 Å². The summed E-state index contributed by atoms with van der Waals surface area (Å²) in [7, 11) is 0. The minimum Gasteiger partial charge on any atom is -0.477 e. The van der Waals surface area contributed by atoms with Crippen LogP contribution in [-0.2, 0) is 5.88 Å². The Morgan fingerprint density at radius 3 is 2.61 bits per heavy atom. The quantitative estimate of drug-likeness (QED) is 0.746. The van der Waals surface area contributed by atoms with Crippen molar-refractivity contribution < 1.29 is 4.74 Å². The lowest BCUT2D eigenvalue weighted by Crippen LogP contribution is -2.03. The van der Waals surface area contributed by atoms with Gasteiger partial charge in [0.1, 0.15) is 0 Å². The van der Waals surface area contributed by atoms with Gasteiger partial charge in [0.15, 0.2) is 0 Å². The SMILES string of the molecule is CC(C)CCOc1ncc(CCl)c2ccccc12. The Kier molecular flexibility index (Phi) is 4.43. The number of pyridine rings is 1. The number of nitrogens with zero attached hydrogens (tertiary/aromatic N) is 1. The van der Waals surface area contributed by atoms with Gasteiger partial charge in [0, 0.05) is 17.5 Å². The van der Waals surface area contributed by atoms with Crippen molar-refractivity contribution in [3.8, 4) is 5.88 Å². The molecule has 1 aromatic heterocycles. The summed E-state index contributed by atoms with van der Waals surface area (Å²) < 4.78 is 5.78. The van der Waals surface area contributed by atoms with Crippen molar-refractivity contribution >= 4 is 22.4 Å². The van der Waals surface area contributed by atoms with Gasteiger partial charge in [-0.3, -0.25) is 0 Å². The lowest BCUT2D eigenvalue weighted by molar-refractivity contribution is 0.283. The van der Waals surface area contributed by atoms with Crippen molar-refractivity contribution in [3.63, 3.8) is 0 Å². The molecule has 0 spiro atoms. The Labute approximate surface area is 113 Å². The number of hydrogen-bond acceptors (Lipinski definition) is 2. The van der Waals surface area contributed by atoms with Crippen LogP contribution in [0.25, 0.3) is 10.8 Å². The third kappa shape index (κ3) is 2.94. The molecule has 0 radical (unpaired) electrons. The van der Waals surface area contributed by atoms with Crippen molar-refractivity contribution in [2.45, 2.75) is 26.1 Å². The van der Waals surface area contributed by atoms with Crippen LogP contribution in [0.5, 0.6) is 5.88 Å². The number of ether oxygens (including phenoxy) is 1. The summed E-state index contributed by atoms with van der Waals surface area (Å²) in [6.07, 6.45) is 2.84. The first kappa shape index (κ1) is 13.2. The van der Waals surface area contributed by atoms with Gasteiger partial charge in [-0.15, -0.1) is 11.6 Å². The topological polar surface area (TPSA) is 22.1 Å². The molecule has 2 aromatic rings. The molecule has 0 fully saturated rings. The summed E-state index contributed by atoms with van der Waals surface area (Å²) in [6, 6.07) is 8.10. The zero-order chi connectivity index (χ0) is 13.0.